The van der Waals surface area contributed by atoms with Gasteiger partial charge in [-0.3, -0.25) is 0 Å². The lowest BCUT2D eigenvalue weighted by Crippen LogP contribution is -2.48. The topological polar surface area (TPSA) is 70.7 Å². The summed E-state index contributed by atoms with van der Waals surface area (Å²) in [6, 6.07) is -0.474. The zero-order chi connectivity index (χ0) is 11.4. The summed E-state index contributed by atoms with van der Waals surface area (Å²) in [5.41, 5.74) is 1.69. The second-order valence-corrected chi connectivity index (χ2v) is 3.73. The van der Waals surface area contributed by atoms with Gasteiger partial charge in [0.1, 0.15) is 5.60 Å². The molecule has 0 saturated heterocycles. The summed E-state index contributed by atoms with van der Waals surface area (Å²) in [6.07, 6.45) is -0.610. The number of carbonyl (C=O) groups excluding carboxylic acids is 2. The first-order valence-electron chi connectivity index (χ1n) is 4.21. The molecule has 0 aliphatic rings. The Morgan fingerprint density at radius 1 is 1.29 bits per heavy atom. The molecule has 6 heteroatoms. The minimum absolute atomic E-state index is 0.474. The number of nitrogens with zero attached hydrogens (tertiary/aromatic N) is 1. The van der Waals surface area contributed by atoms with Crippen molar-refractivity contribution in [3.63, 3.8) is 0 Å². The summed E-state index contributed by atoms with van der Waals surface area (Å²) in [6.45, 7) is 5.25. The molecule has 0 aromatic carbocycles. The maximum Gasteiger partial charge on any atom is 0.428 e. The fourth-order valence-electron chi connectivity index (χ4n) is 0.584. The van der Waals surface area contributed by atoms with Crippen LogP contribution in [0, 0.1) is 0 Å². The van der Waals surface area contributed by atoms with E-state index in [4.69, 9.17) is 4.74 Å². The van der Waals surface area contributed by atoms with E-state index >= 15 is 0 Å². The normalized spacial score (nSPS) is 10.4. The molecule has 0 aromatic rings. The molecule has 0 atom stereocenters. The Morgan fingerprint density at radius 3 is 2.14 bits per heavy atom. The molecule has 0 radical (unpaired) electrons. The van der Waals surface area contributed by atoms with Gasteiger partial charge in [-0.05, 0) is 20.8 Å². The number of hydrogen-bond acceptors (Lipinski definition) is 3. The number of rotatable bonds is 0. The van der Waals surface area contributed by atoms with Gasteiger partial charge in [0, 0.05) is 14.1 Å². The lowest BCUT2D eigenvalue weighted by molar-refractivity contribution is 0.0229. The molecule has 0 bridgehead atoms. The highest BCUT2D eigenvalue weighted by molar-refractivity contribution is 5.77. The standard InChI is InChI=1S/C8H17N3O3/c1-8(2,3)14-7(13)11(5)10-6(12)9-4/h1-5H3,(H2,9,10,12). The Bertz CT molecular complexity index is 222. The van der Waals surface area contributed by atoms with Gasteiger partial charge in [-0.15, -0.1) is 0 Å². The van der Waals surface area contributed by atoms with Crippen LogP contribution >= 0.6 is 0 Å². The van der Waals surface area contributed by atoms with E-state index in [1.165, 1.54) is 14.1 Å². The number of hydrazine groups is 1. The fourth-order valence-corrected chi connectivity index (χ4v) is 0.584. The predicted molar refractivity (Wildman–Crippen MR) is 51.6 cm³/mol. The number of hydrogen-bond donors (Lipinski definition) is 2. The van der Waals surface area contributed by atoms with Crippen LogP contribution in [0.1, 0.15) is 20.8 Å². The largest absolute Gasteiger partial charge is 0.442 e. The summed E-state index contributed by atoms with van der Waals surface area (Å²) < 4.78 is 4.99. The van der Waals surface area contributed by atoms with E-state index in [0.717, 1.165) is 5.01 Å². The summed E-state index contributed by atoms with van der Waals surface area (Å²) in [5.74, 6) is 0. The van der Waals surface area contributed by atoms with Crippen molar-refractivity contribution in [2.24, 2.45) is 0 Å². The predicted octanol–water partition coefficient (Wildman–Crippen LogP) is 0.697. The highest BCUT2D eigenvalue weighted by atomic mass is 16.6. The summed E-state index contributed by atoms with van der Waals surface area (Å²) in [7, 11) is 2.86. The van der Waals surface area contributed by atoms with Gasteiger partial charge in [0.2, 0.25) is 0 Å². The van der Waals surface area contributed by atoms with Gasteiger partial charge < -0.3 is 10.1 Å². The van der Waals surface area contributed by atoms with Gasteiger partial charge in [-0.2, -0.15) is 0 Å². The van der Waals surface area contributed by atoms with Crippen molar-refractivity contribution in [2.75, 3.05) is 14.1 Å². The van der Waals surface area contributed by atoms with Crippen molar-refractivity contribution < 1.29 is 14.3 Å². The third-order valence-electron chi connectivity index (χ3n) is 1.16. The lowest BCUT2D eigenvalue weighted by atomic mass is 10.2. The molecule has 2 N–H and O–H groups in total. The zero-order valence-electron chi connectivity index (χ0n) is 9.17. The molecule has 14 heavy (non-hydrogen) atoms. The number of urea groups is 1. The van der Waals surface area contributed by atoms with Crippen LogP contribution in [0.4, 0.5) is 9.59 Å². The summed E-state index contributed by atoms with van der Waals surface area (Å²) in [5, 5.41) is 3.29. The van der Waals surface area contributed by atoms with Crippen molar-refractivity contribution in [1.82, 2.24) is 15.8 Å². The maximum atomic E-state index is 11.3. The van der Waals surface area contributed by atoms with Crippen LogP contribution in [-0.4, -0.2) is 36.8 Å². The molecule has 0 saturated carbocycles. The average Bonchev–Trinajstić information content (AvgIpc) is 2.00. The molecule has 0 spiro atoms. The number of ether oxygens (including phenoxy) is 1. The van der Waals surface area contributed by atoms with Crippen LogP contribution in [0.2, 0.25) is 0 Å². The zero-order valence-corrected chi connectivity index (χ0v) is 9.17. The van der Waals surface area contributed by atoms with Gasteiger partial charge >= 0.3 is 12.1 Å². The Balaban J connectivity index is 4.07. The van der Waals surface area contributed by atoms with Crippen molar-refractivity contribution >= 4 is 12.1 Å². The molecular weight excluding hydrogens is 186 g/mol. The first-order valence-corrected chi connectivity index (χ1v) is 4.21. The van der Waals surface area contributed by atoms with E-state index in [1.54, 1.807) is 20.8 Å². The molecule has 82 valence electrons. The van der Waals surface area contributed by atoms with Crippen LogP contribution in [0.3, 0.4) is 0 Å². The third kappa shape index (κ3) is 5.23. The van der Waals surface area contributed by atoms with E-state index in [0.29, 0.717) is 0 Å². The molecule has 0 fully saturated rings. The van der Waals surface area contributed by atoms with E-state index < -0.39 is 17.7 Å². The van der Waals surface area contributed by atoms with Crippen LogP contribution in [0.25, 0.3) is 0 Å². The molecule has 0 aliphatic heterocycles. The summed E-state index contributed by atoms with van der Waals surface area (Å²) in [4.78, 5) is 22.1. The van der Waals surface area contributed by atoms with E-state index in [1.807, 2.05) is 0 Å². The van der Waals surface area contributed by atoms with Gasteiger partial charge in [0.25, 0.3) is 0 Å². The molecule has 3 amide bonds. The van der Waals surface area contributed by atoms with Crippen molar-refractivity contribution in [1.29, 1.82) is 0 Å². The van der Waals surface area contributed by atoms with Gasteiger partial charge in [0.05, 0.1) is 0 Å². The first kappa shape index (κ1) is 12.5. The minimum Gasteiger partial charge on any atom is -0.442 e. The highest BCUT2D eigenvalue weighted by Gasteiger charge is 2.20. The highest BCUT2D eigenvalue weighted by Crippen LogP contribution is 2.07. The molecule has 0 aromatic heterocycles. The number of nitrogens with one attached hydrogen (secondary N) is 2. The van der Waals surface area contributed by atoms with Crippen molar-refractivity contribution in [3.05, 3.63) is 0 Å². The van der Waals surface area contributed by atoms with Crippen molar-refractivity contribution in [2.45, 2.75) is 26.4 Å². The average molecular weight is 203 g/mol. The van der Waals surface area contributed by atoms with Gasteiger partial charge in [0.15, 0.2) is 0 Å². The fraction of sp³-hybridized carbons (Fsp3) is 0.750. The molecule has 0 unspecified atom stereocenters. The van der Waals surface area contributed by atoms with E-state index in [9.17, 15) is 9.59 Å². The quantitative estimate of drug-likeness (QED) is 0.569. The molecular formula is C8H17N3O3. The Kier molecular flexibility index (Phi) is 4.20. The van der Waals surface area contributed by atoms with E-state index in [-0.39, 0.29) is 0 Å². The SMILES string of the molecule is CNC(=O)NN(C)C(=O)OC(C)(C)C. The first-order chi connectivity index (χ1) is 6.26. The van der Waals surface area contributed by atoms with Crippen LogP contribution in [0.15, 0.2) is 0 Å². The second kappa shape index (κ2) is 4.69. The molecule has 6 nitrogen and oxygen atoms in total. The maximum absolute atomic E-state index is 11.3. The Morgan fingerprint density at radius 2 is 1.79 bits per heavy atom. The lowest BCUT2D eigenvalue weighted by Gasteiger charge is -2.24. The van der Waals surface area contributed by atoms with E-state index in [2.05, 4.69) is 10.7 Å². The number of carbonyl (C=O) groups is 2. The molecule has 0 rings (SSSR count). The Labute approximate surface area is 83.6 Å². The number of amides is 3. The second-order valence-electron chi connectivity index (χ2n) is 3.73. The Hall–Kier alpha value is -1.46. The van der Waals surface area contributed by atoms with Crippen LogP contribution < -0.4 is 10.7 Å². The van der Waals surface area contributed by atoms with Gasteiger partial charge in [-0.1, -0.05) is 0 Å². The third-order valence-corrected chi connectivity index (χ3v) is 1.16. The van der Waals surface area contributed by atoms with Crippen LogP contribution in [-0.2, 0) is 4.74 Å². The van der Waals surface area contributed by atoms with Crippen molar-refractivity contribution in [3.8, 4) is 0 Å². The van der Waals surface area contributed by atoms with Crippen LogP contribution in [0.5, 0.6) is 0 Å². The minimum atomic E-state index is -0.610. The molecule has 0 heterocycles. The molecule has 0 aliphatic carbocycles. The van der Waals surface area contributed by atoms with Gasteiger partial charge in [-0.25, -0.2) is 20.0 Å². The summed E-state index contributed by atoms with van der Waals surface area (Å²) >= 11 is 0. The monoisotopic (exact) mass is 203 g/mol. The smallest absolute Gasteiger partial charge is 0.428 e.